The van der Waals surface area contributed by atoms with E-state index in [1.165, 1.54) is 0 Å². The van der Waals surface area contributed by atoms with Gasteiger partial charge in [-0.15, -0.1) is 0 Å². The van der Waals surface area contributed by atoms with Gasteiger partial charge in [-0.05, 0) is 35.8 Å². The second kappa shape index (κ2) is 3.35. The van der Waals surface area contributed by atoms with Crippen LogP contribution in [0.5, 0.6) is 0 Å². The van der Waals surface area contributed by atoms with Crippen LogP contribution in [0.1, 0.15) is 18.4 Å². The van der Waals surface area contributed by atoms with Crippen LogP contribution in [-0.2, 0) is 4.79 Å². The lowest BCUT2D eigenvalue weighted by atomic mass is 9.89. The van der Waals surface area contributed by atoms with Crippen molar-refractivity contribution in [1.82, 2.24) is 0 Å². The van der Waals surface area contributed by atoms with Crippen molar-refractivity contribution < 1.29 is 4.79 Å². The van der Waals surface area contributed by atoms with Gasteiger partial charge in [0.1, 0.15) is 0 Å². The molecule has 2 heteroatoms. The summed E-state index contributed by atoms with van der Waals surface area (Å²) in [6.45, 7) is 0. The Bertz CT molecular complexity index is 362. The van der Waals surface area contributed by atoms with Crippen LogP contribution in [-0.4, -0.2) is 5.78 Å². The second-order valence-electron chi connectivity index (χ2n) is 3.14. The number of hydrogen-bond donors (Lipinski definition) is 0. The molecule has 0 atom stereocenters. The lowest BCUT2D eigenvalue weighted by molar-refractivity contribution is -0.118. The maximum atomic E-state index is 11.0. The lowest BCUT2D eigenvalue weighted by Gasteiger charge is -2.14. The van der Waals surface area contributed by atoms with E-state index in [0.717, 1.165) is 22.6 Å². The van der Waals surface area contributed by atoms with Gasteiger partial charge in [0.2, 0.25) is 0 Å². The van der Waals surface area contributed by atoms with E-state index in [9.17, 15) is 4.79 Å². The number of carbonyl (C=O) groups is 1. The summed E-state index contributed by atoms with van der Waals surface area (Å²) in [6, 6.07) is 7.50. The van der Waals surface area contributed by atoms with E-state index in [2.05, 4.69) is 0 Å². The van der Waals surface area contributed by atoms with Crippen molar-refractivity contribution in [2.24, 2.45) is 0 Å². The molecule has 66 valence electrons. The van der Waals surface area contributed by atoms with Crippen LogP contribution >= 0.6 is 11.6 Å². The standard InChI is InChI=1S/C11H9ClO/c12-10-4-1-8(2-5-10)7-9-3-6-11(9)13/h1-2,4-5,7H,3,6H2/b9-7+. The largest absolute Gasteiger partial charge is 0.295 e. The first-order chi connectivity index (χ1) is 6.25. The molecule has 0 saturated heterocycles. The maximum absolute atomic E-state index is 11.0. The van der Waals surface area contributed by atoms with Crippen molar-refractivity contribution in [2.75, 3.05) is 0 Å². The average molecular weight is 193 g/mol. The summed E-state index contributed by atoms with van der Waals surface area (Å²) >= 11 is 5.74. The van der Waals surface area contributed by atoms with Crippen molar-refractivity contribution in [3.63, 3.8) is 0 Å². The number of carbonyl (C=O) groups excluding carboxylic acids is 1. The van der Waals surface area contributed by atoms with Crippen molar-refractivity contribution >= 4 is 23.5 Å². The van der Waals surface area contributed by atoms with E-state index in [-0.39, 0.29) is 5.78 Å². The molecule has 0 heterocycles. The summed E-state index contributed by atoms with van der Waals surface area (Å²) in [5.74, 6) is 0.273. The van der Waals surface area contributed by atoms with Crippen molar-refractivity contribution in [1.29, 1.82) is 0 Å². The summed E-state index contributed by atoms with van der Waals surface area (Å²) in [7, 11) is 0. The topological polar surface area (TPSA) is 17.1 Å². The summed E-state index contributed by atoms with van der Waals surface area (Å²) in [4.78, 5) is 11.0. The van der Waals surface area contributed by atoms with Gasteiger partial charge in [-0.25, -0.2) is 0 Å². The Morgan fingerprint density at radius 1 is 1.15 bits per heavy atom. The molecule has 0 spiro atoms. The van der Waals surface area contributed by atoms with Crippen LogP contribution in [0.3, 0.4) is 0 Å². The number of allylic oxidation sites excluding steroid dienone is 1. The molecule has 0 aliphatic heterocycles. The third kappa shape index (κ3) is 1.81. The van der Waals surface area contributed by atoms with Crippen molar-refractivity contribution in [3.05, 3.63) is 40.4 Å². The lowest BCUT2D eigenvalue weighted by Crippen LogP contribution is -2.13. The van der Waals surface area contributed by atoms with Crippen LogP contribution in [0.2, 0.25) is 5.02 Å². The van der Waals surface area contributed by atoms with Gasteiger partial charge in [0.25, 0.3) is 0 Å². The maximum Gasteiger partial charge on any atom is 0.159 e. The minimum Gasteiger partial charge on any atom is -0.295 e. The average Bonchev–Trinajstić information content (AvgIpc) is 2.15. The van der Waals surface area contributed by atoms with Gasteiger partial charge in [0.15, 0.2) is 5.78 Å². The highest BCUT2D eigenvalue weighted by molar-refractivity contribution is 6.30. The van der Waals surface area contributed by atoms with Crippen LogP contribution < -0.4 is 0 Å². The molecule has 0 N–H and O–H groups in total. The highest BCUT2D eigenvalue weighted by Crippen LogP contribution is 2.24. The Morgan fingerprint density at radius 2 is 1.85 bits per heavy atom. The fourth-order valence-corrected chi connectivity index (χ4v) is 1.41. The fourth-order valence-electron chi connectivity index (χ4n) is 1.28. The number of Topliss-reactive ketones (excluding diaryl/α,β-unsaturated/α-hetero) is 1. The van der Waals surface area contributed by atoms with E-state index < -0.39 is 0 Å². The van der Waals surface area contributed by atoms with Gasteiger partial charge in [0, 0.05) is 11.4 Å². The first-order valence-electron chi connectivity index (χ1n) is 4.25. The molecule has 0 amide bonds. The summed E-state index contributed by atoms with van der Waals surface area (Å²) in [5.41, 5.74) is 1.98. The number of rotatable bonds is 1. The van der Waals surface area contributed by atoms with Gasteiger partial charge in [-0.1, -0.05) is 23.7 Å². The SMILES string of the molecule is O=C1CC/C1=C\c1ccc(Cl)cc1. The van der Waals surface area contributed by atoms with Crippen LogP contribution in [0.25, 0.3) is 6.08 Å². The summed E-state index contributed by atoms with van der Waals surface area (Å²) in [6.07, 6.45) is 3.56. The molecule has 0 unspecified atom stereocenters. The van der Waals surface area contributed by atoms with Crippen LogP contribution in [0.4, 0.5) is 0 Å². The number of benzene rings is 1. The van der Waals surface area contributed by atoms with E-state index >= 15 is 0 Å². The van der Waals surface area contributed by atoms with Gasteiger partial charge >= 0.3 is 0 Å². The molecule has 1 fully saturated rings. The van der Waals surface area contributed by atoms with Gasteiger partial charge in [0.05, 0.1) is 0 Å². The Hall–Kier alpha value is -1.08. The molecule has 0 radical (unpaired) electrons. The van der Waals surface area contributed by atoms with Crippen molar-refractivity contribution in [3.8, 4) is 0 Å². The Balaban J connectivity index is 2.22. The molecule has 13 heavy (non-hydrogen) atoms. The van der Waals surface area contributed by atoms with E-state index in [0.29, 0.717) is 6.42 Å². The zero-order valence-electron chi connectivity index (χ0n) is 7.09. The summed E-state index contributed by atoms with van der Waals surface area (Å²) in [5, 5.41) is 0.724. The zero-order valence-corrected chi connectivity index (χ0v) is 7.84. The minimum absolute atomic E-state index is 0.273. The molecular formula is C11H9ClO. The molecule has 1 aliphatic rings. The highest BCUT2D eigenvalue weighted by atomic mass is 35.5. The Kier molecular flexibility index (Phi) is 2.19. The third-order valence-corrected chi connectivity index (χ3v) is 2.44. The normalized spacial score (nSPS) is 18.8. The molecule has 0 aromatic heterocycles. The van der Waals surface area contributed by atoms with Crippen LogP contribution in [0, 0.1) is 0 Å². The number of hydrogen-bond acceptors (Lipinski definition) is 1. The van der Waals surface area contributed by atoms with Gasteiger partial charge in [-0.2, -0.15) is 0 Å². The molecule has 1 saturated carbocycles. The van der Waals surface area contributed by atoms with E-state index in [1.807, 2.05) is 30.3 Å². The second-order valence-corrected chi connectivity index (χ2v) is 3.58. The smallest absolute Gasteiger partial charge is 0.159 e. The molecular weight excluding hydrogens is 184 g/mol. The molecule has 1 aromatic rings. The predicted molar refractivity (Wildman–Crippen MR) is 53.7 cm³/mol. The molecule has 1 nitrogen and oxygen atoms in total. The van der Waals surface area contributed by atoms with Crippen LogP contribution in [0.15, 0.2) is 29.8 Å². The molecule has 0 bridgehead atoms. The van der Waals surface area contributed by atoms with E-state index in [1.54, 1.807) is 0 Å². The van der Waals surface area contributed by atoms with Gasteiger partial charge < -0.3 is 0 Å². The van der Waals surface area contributed by atoms with Gasteiger partial charge in [-0.3, -0.25) is 4.79 Å². The first kappa shape index (κ1) is 8.52. The van der Waals surface area contributed by atoms with E-state index in [4.69, 9.17) is 11.6 Å². The zero-order chi connectivity index (χ0) is 9.26. The first-order valence-corrected chi connectivity index (χ1v) is 4.63. The third-order valence-electron chi connectivity index (χ3n) is 2.19. The minimum atomic E-state index is 0.273. The number of halogens is 1. The predicted octanol–water partition coefficient (Wildman–Crippen LogP) is 3.09. The molecule has 1 aliphatic carbocycles. The molecule has 1 aromatic carbocycles. The quantitative estimate of drug-likeness (QED) is 0.625. The fraction of sp³-hybridized carbons (Fsp3) is 0.182. The highest BCUT2D eigenvalue weighted by Gasteiger charge is 2.19. The molecule has 2 rings (SSSR count). The number of ketones is 1. The Labute approximate surface area is 82.0 Å². The Morgan fingerprint density at radius 3 is 2.31 bits per heavy atom. The summed E-state index contributed by atoms with van der Waals surface area (Å²) < 4.78 is 0. The monoisotopic (exact) mass is 192 g/mol. The van der Waals surface area contributed by atoms with Crippen molar-refractivity contribution in [2.45, 2.75) is 12.8 Å².